The van der Waals surface area contributed by atoms with Crippen LogP contribution in [0.3, 0.4) is 0 Å². The van der Waals surface area contributed by atoms with E-state index in [1.54, 1.807) is 4.90 Å². The fourth-order valence-corrected chi connectivity index (χ4v) is 3.70. The number of nitrogens with zero attached hydrogens (tertiary/aromatic N) is 3. The molecule has 0 aliphatic carbocycles. The van der Waals surface area contributed by atoms with Crippen LogP contribution in [0.1, 0.15) is 33.3 Å². The van der Waals surface area contributed by atoms with Crippen molar-refractivity contribution < 1.29 is 14.3 Å². The zero-order valence-corrected chi connectivity index (χ0v) is 16.7. The summed E-state index contributed by atoms with van der Waals surface area (Å²) in [7, 11) is 0. The molecule has 2 aliphatic rings. The van der Waals surface area contributed by atoms with Crippen molar-refractivity contribution in [2.24, 2.45) is 0 Å². The maximum absolute atomic E-state index is 12.8. The van der Waals surface area contributed by atoms with Gasteiger partial charge in [-0.05, 0) is 51.8 Å². The van der Waals surface area contributed by atoms with E-state index in [1.807, 2.05) is 50.8 Å². The van der Waals surface area contributed by atoms with Crippen LogP contribution in [-0.4, -0.2) is 66.2 Å². The van der Waals surface area contributed by atoms with E-state index >= 15 is 0 Å². The molecular formula is C20H30N4O3. The minimum Gasteiger partial charge on any atom is -0.444 e. The minimum atomic E-state index is -0.505. The standard InChI is InChI=1S/C20H30N4O3/c1-14-12-22(9-10-23(14)19(26)27-20(2,3)4)13-18(25)24-8-7-15-5-6-16(21)11-17(15)24/h5-6,11,14H,7-10,12-13,21H2,1-4H3. The fourth-order valence-electron chi connectivity index (χ4n) is 3.70. The molecule has 2 N–H and O–H groups in total. The minimum absolute atomic E-state index is 0.00269. The van der Waals surface area contributed by atoms with Crippen molar-refractivity contribution >= 4 is 23.4 Å². The number of benzene rings is 1. The molecule has 2 aliphatic heterocycles. The number of carbonyl (C=O) groups is 2. The lowest BCUT2D eigenvalue weighted by molar-refractivity contribution is -0.120. The van der Waals surface area contributed by atoms with Crippen LogP contribution in [0.2, 0.25) is 0 Å². The fraction of sp³-hybridized carbons (Fsp3) is 0.600. The SMILES string of the molecule is CC1CN(CC(=O)N2CCc3ccc(N)cc32)CCN1C(=O)OC(C)(C)C. The summed E-state index contributed by atoms with van der Waals surface area (Å²) >= 11 is 0. The van der Waals surface area contributed by atoms with Crippen LogP contribution in [0.15, 0.2) is 18.2 Å². The van der Waals surface area contributed by atoms with Gasteiger partial charge in [-0.2, -0.15) is 0 Å². The monoisotopic (exact) mass is 374 g/mol. The Labute approximate surface area is 161 Å². The molecule has 1 saturated heterocycles. The van der Waals surface area contributed by atoms with E-state index in [0.717, 1.165) is 12.1 Å². The van der Waals surface area contributed by atoms with Gasteiger partial charge in [0.25, 0.3) is 0 Å². The third-order valence-electron chi connectivity index (χ3n) is 5.00. The number of amides is 2. The first-order valence-electron chi connectivity index (χ1n) is 9.55. The van der Waals surface area contributed by atoms with Crippen LogP contribution in [0.5, 0.6) is 0 Å². The van der Waals surface area contributed by atoms with E-state index in [0.29, 0.717) is 38.4 Å². The molecule has 1 aromatic rings. The van der Waals surface area contributed by atoms with Crippen LogP contribution in [0.25, 0.3) is 0 Å². The number of anilines is 2. The Hall–Kier alpha value is -2.28. The lowest BCUT2D eigenvalue weighted by atomic mass is 10.1. The molecule has 0 aromatic heterocycles. The van der Waals surface area contributed by atoms with Crippen LogP contribution < -0.4 is 10.6 Å². The largest absolute Gasteiger partial charge is 0.444 e. The van der Waals surface area contributed by atoms with Crippen molar-refractivity contribution in [2.75, 3.05) is 43.4 Å². The average molecular weight is 374 g/mol. The first-order chi connectivity index (χ1) is 12.6. The van der Waals surface area contributed by atoms with Gasteiger partial charge in [0, 0.05) is 43.6 Å². The number of carbonyl (C=O) groups excluding carboxylic acids is 2. The topological polar surface area (TPSA) is 79.1 Å². The predicted molar refractivity (Wildman–Crippen MR) is 106 cm³/mol. The van der Waals surface area contributed by atoms with E-state index in [-0.39, 0.29) is 18.0 Å². The quantitative estimate of drug-likeness (QED) is 0.802. The van der Waals surface area contributed by atoms with Crippen LogP contribution in [0.4, 0.5) is 16.2 Å². The van der Waals surface area contributed by atoms with Gasteiger partial charge >= 0.3 is 6.09 Å². The summed E-state index contributed by atoms with van der Waals surface area (Å²) in [4.78, 5) is 30.9. The number of rotatable bonds is 2. The van der Waals surface area contributed by atoms with E-state index in [4.69, 9.17) is 10.5 Å². The Balaban J connectivity index is 1.57. The Morgan fingerprint density at radius 3 is 2.63 bits per heavy atom. The van der Waals surface area contributed by atoms with Crippen molar-refractivity contribution in [1.82, 2.24) is 9.80 Å². The summed E-state index contributed by atoms with van der Waals surface area (Å²) in [5.41, 5.74) is 8.15. The molecule has 0 bridgehead atoms. The van der Waals surface area contributed by atoms with E-state index in [9.17, 15) is 9.59 Å². The van der Waals surface area contributed by atoms with Gasteiger partial charge in [-0.15, -0.1) is 0 Å². The third kappa shape index (κ3) is 4.53. The second-order valence-electron chi connectivity index (χ2n) is 8.44. The van der Waals surface area contributed by atoms with E-state index in [1.165, 1.54) is 5.56 Å². The summed E-state index contributed by atoms with van der Waals surface area (Å²) in [5.74, 6) is 0.0808. The molecule has 1 unspecified atom stereocenters. The normalized spacial score (nSPS) is 20.5. The molecule has 1 aromatic carbocycles. The highest BCUT2D eigenvalue weighted by Gasteiger charge is 2.33. The average Bonchev–Trinajstić information content (AvgIpc) is 2.96. The summed E-state index contributed by atoms with van der Waals surface area (Å²) in [5, 5.41) is 0. The number of nitrogen functional groups attached to an aromatic ring is 1. The van der Waals surface area contributed by atoms with Crippen LogP contribution >= 0.6 is 0 Å². The molecule has 148 valence electrons. The first kappa shape index (κ1) is 19.5. The van der Waals surface area contributed by atoms with Crippen molar-refractivity contribution in [3.8, 4) is 0 Å². The van der Waals surface area contributed by atoms with Crippen molar-refractivity contribution in [3.63, 3.8) is 0 Å². The molecule has 3 rings (SSSR count). The molecule has 27 heavy (non-hydrogen) atoms. The molecule has 1 fully saturated rings. The number of piperazine rings is 1. The summed E-state index contributed by atoms with van der Waals surface area (Å²) in [6.45, 7) is 10.5. The molecule has 0 radical (unpaired) electrons. The molecule has 7 heteroatoms. The maximum Gasteiger partial charge on any atom is 0.410 e. The second-order valence-corrected chi connectivity index (χ2v) is 8.44. The number of ether oxygens (including phenoxy) is 1. The summed E-state index contributed by atoms with van der Waals surface area (Å²) in [6, 6.07) is 5.76. The lowest BCUT2D eigenvalue weighted by Gasteiger charge is -2.40. The molecule has 2 amide bonds. The molecule has 7 nitrogen and oxygen atoms in total. The predicted octanol–water partition coefficient (Wildman–Crippen LogP) is 2.10. The third-order valence-corrected chi connectivity index (χ3v) is 5.00. The maximum atomic E-state index is 12.8. The van der Waals surface area contributed by atoms with Gasteiger partial charge in [-0.3, -0.25) is 9.69 Å². The lowest BCUT2D eigenvalue weighted by Crippen LogP contribution is -2.56. The Bertz CT molecular complexity index is 728. The first-order valence-corrected chi connectivity index (χ1v) is 9.55. The number of hydrogen-bond donors (Lipinski definition) is 1. The van der Waals surface area contributed by atoms with Gasteiger partial charge in [0.05, 0.1) is 6.54 Å². The van der Waals surface area contributed by atoms with Gasteiger partial charge in [0.1, 0.15) is 5.60 Å². The van der Waals surface area contributed by atoms with E-state index in [2.05, 4.69) is 4.90 Å². The van der Waals surface area contributed by atoms with Gasteiger partial charge in [0.15, 0.2) is 0 Å². The van der Waals surface area contributed by atoms with Gasteiger partial charge < -0.3 is 20.3 Å². The summed E-state index contributed by atoms with van der Waals surface area (Å²) < 4.78 is 5.48. The smallest absolute Gasteiger partial charge is 0.410 e. The number of nitrogens with two attached hydrogens (primary N) is 1. The highest BCUT2D eigenvalue weighted by molar-refractivity contribution is 5.97. The second kappa shape index (κ2) is 7.38. The Morgan fingerprint density at radius 2 is 1.96 bits per heavy atom. The highest BCUT2D eigenvalue weighted by Crippen LogP contribution is 2.30. The number of hydrogen-bond acceptors (Lipinski definition) is 5. The zero-order valence-electron chi connectivity index (χ0n) is 16.7. The van der Waals surface area contributed by atoms with Gasteiger partial charge in [0.2, 0.25) is 5.91 Å². The Morgan fingerprint density at radius 1 is 1.22 bits per heavy atom. The Kier molecular flexibility index (Phi) is 5.33. The molecule has 2 heterocycles. The van der Waals surface area contributed by atoms with Crippen molar-refractivity contribution in [3.05, 3.63) is 23.8 Å². The van der Waals surface area contributed by atoms with Crippen LogP contribution in [0, 0.1) is 0 Å². The zero-order chi connectivity index (χ0) is 19.8. The molecular weight excluding hydrogens is 344 g/mol. The van der Waals surface area contributed by atoms with Crippen LogP contribution in [-0.2, 0) is 16.0 Å². The van der Waals surface area contributed by atoms with Crippen molar-refractivity contribution in [1.29, 1.82) is 0 Å². The van der Waals surface area contributed by atoms with E-state index < -0.39 is 5.60 Å². The molecule has 1 atom stereocenters. The molecule has 0 saturated carbocycles. The highest BCUT2D eigenvalue weighted by atomic mass is 16.6. The van der Waals surface area contributed by atoms with Gasteiger partial charge in [-0.1, -0.05) is 6.07 Å². The molecule has 0 spiro atoms. The number of fused-ring (bicyclic) bond motifs is 1. The van der Waals surface area contributed by atoms with Crippen molar-refractivity contribution in [2.45, 2.75) is 45.8 Å². The van der Waals surface area contributed by atoms with Gasteiger partial charge in [-0.25, -0.2) is 4.79 Å². The summed E-state index contributed by atoms with van der Waals surface area (Å²) in [6.07, 6.45) is 0.578.